The maximum atomic E-state index is 12.3. The molecule has 3 aromatic carbocycles. The third kappa shape index (κ3) is 5.47. The van der Waals surface area contributed by atoms with Crippen molar-refractivity contribution in [3.63, 3.8) is 0 Å². The third-order valence-corrected chi connectivity index (χ3v) is 7.92. The number of amides is 1. The van der Waals surface area contributed by atoms with E-state index in [0.717, 1.165) is 29.0 Å². The van der Waals surface area contributed by atoms with Crippen molar-refractivity contribution in [3.8, 4) is 0 Å². The lowest BCUT2D eigenvalue weighted by molar-refractivity contribution is -0.118. The highest BCUT2D eigenvalue weighted by atomic mass is 35.5. The number of nitrogens with one attached hydrogen (secondary N) is 2. The summed E-state index contributed by atoms with van der Waals surface area (Å²) in [5, 5.41) is 8.87. The lowest BCUT2D eigenvalue weighted by Crippen LogP contribution is -2.29. The number of benzene rings is 3. The van der Waals surface area contributed by atoms with E-state index in [1.165, 1.54) is 16.8 Å². The van der Waals surface area contributed by atoms with Crippen LogP contribution in [-0.2, 0) is 10.5 Å². The second kappa shape index (κ2) is 10.7. The van der Waals surface area contributed by atoms with Gasteiger partial charge in [-0.15, -0.1) is 11.8 Å². The van der Waals surface area contributed by atoms with Crippen LogP contribution >= 0.6 is 23.4 Å². The number of nitrogens with zero attached hydrogens (tertiary/aromatic N) is 1. The molecule has 178 valence electrons. The van der Waals surface area contributed by atoms with Gasteiger partial charge in [-0.2, -0.15) is 5.10 Å². The van der Waals surface area contributed by atoms with Crippen molar-refractivity contribution in [2.75, 3.05) is 11.1 Å². The minimum absolute atomic E-state index is 0.111. The molecule has 0 saturated carbocycles. The third-order valence-electron chi connectivity index (χ3n) is 6.68. The van der Waals surface area contributed by atoms with Crippen LogP contribution < -0.4 is 10.7 Å². The predicted octanol–water partition coefficient (Wildman–Crippen LogP) is 6.94. The van der Waals surface area contributed by atoms with Crippen LogP contribution in [0.2, 0.25) is 5.02 Å². The fourth-order valence-electron chi connectivity index (χ4n) is 4.94. The van der Waals surface area contributed by atoms with Crippen molar-refractivity contribution >= 4 is 40.7 Å². The van der Waals surface area contributed by atoms with Gasteiger partial charge in [0, 0.05) is 22.4 Å². The summed E-state index contributed by atoms with van der Waals surface area (Å²) in [6, 6.07) is 25.1. The fraction of sp³-hybridized carbons (Fsp3) is 0.241. The zero-order valence-corrected chi connectivity index (χ0v) is 21.2. The second-order valence-corrected chi connectivity index (χ2v) is 10.5. The van der Waals surface area contributed by atoms with E-state index in [1.54, 1.807) is 11.8 Å². The number of hydrogen-bond donors (Lipinski definition) is 2. The van der Waals surface area contributed by atoms with Gasteiger partial charge in [0.05, 0.1) is 17.5 Å². The Hall–Kier alpha value is -3.02. The van der Waals surface area contributed by atoms with Crippen LogP contribution in [0.3, 0.4) is 0 Å². The Balaban J connectivity index is 1.24. The van der Waals surface area contributed by atoms with Crippen molar-refractivity contribution in [3.05, 3.63) is 112 Å². The van der Waals surface area contributed by atoms with Gasteiger partial charge in [0.25, 0.3) is 0 Å². The molecule has 0 aromatic heterocycles. The van der Waals surface area contributed by atoms with Gasteiger partial charge in [-0.1, -0.05) is 72.3 Å². The monoisotopic (exact) mass is 501 g/mol. The van der Waals surface area contributed by atoms with Gasteiger partial charge >= 0.3 is 0 Å². The van der Waals surface area contributed by atoms with Gasteiger partial charge in [0.15, 0.2) is 0 Å². The number of fused-ring (bicyclic) bond motifs is 3. The van der Waals surface area contributed by atoms with Crippen molar-refractivity contribution in [1.82, 2.24) is 5.43 Å². The molecule has 4 nitrogen and oxygen atoms in total. The van der Waals surface area contributed by atoms with Crippen LogP contribution in [0.4, 0.5) is 5.69 Å². The van der Waals surface area contributed by atoms with Crippen LogP contribution in [0.15, 0.2) is 90.0 Å². The molecule has 0 saturated heterocycles. The molecule has 0 radical (unpaired) electrons. The molecular formula is C29H28ClN3OS. The molecule has 1 amide bonds. The number of hydrazone groups is 1. The van der Waals surface area contributed by atoms with Gasteiger partial charge in [-0.3, -0.25) is 4.79 Å². The smallest absolute Gasteiger partial charge is 0.250 e. The van der Waals surface area contributed by atoms with Gasteiger partial charge in [-0.25, -0.2) is 5.43 Å². The number of hydrogen-bond acceptors (Lipinski definition) is 4. The zero-order chi connectivity index (χ0) is 24.2. The molecular weight excluding hydrogens is 474 g/mol. The van der Waals surface area contributed by atoms with Crippen molar-refractivity contribution in [2.45, 2.75) is 31.1 Å². The lowest BCUT2D eigenvalue weighted by Gasteiger charge is -2.37. The first-order valence-electron chi connectivity index (χ1n) is 11.9. The summed E-state index contributed by atoms with van der Waals surface area (Å²) in [6.07, 6.45) is 5.71. The number of carbonyl (C=O) groups is 1. The molecule has 2 N–H and O–H groups in total. The zero-order valence-electron chi connectivity index (χ0n) is 19.6. The molecule has 3 aromatic rings. The van der Waals surface area contributed by atoms with E-state index in [0.29, 0.717) is 28.7 Å². The highest BCUT2D eigenvalue weighted by Gasteiger charge is 2.37. The molecule has 1 heterocycles. The Morgan fingerprint density at radius 1 is 1.11 bits per heavy atom. The molecule has 3 atom stereocenters. The molecule has 0 unspecified atom stereocenters. The lowest BCUT2D eigenvalue weighted by atomic mass is 9.76. The Kier molecular flexibility index (Phi) is 7.26. The van der Waals surface area contributed by atoms with Crippen LogP contribution in [0, 0.1) is 5.92 Å². The fourth-order valence-corrected chi connectivity index (χ4v) is 5.92. The first-order chi connectivity index (χ1) is 17.1. The number of thioether (sulfide) groups is 1. The summed E-state index contributed by atoms with van der Waals surface area (Å²) < 4.78 is 0. The van der Waals surface area contributed by atoms with Gasteiger partial charge in [0.2, 0.25) is 5.91 Å². The second-order valence-electron chi connectivity index (χ2n) is 9.04. The first-order valence-corrected chi connectivity index (χ1v) is 13.4. The molecule has 0 spiro atoms. The van der Waals surface area contributed by atoms with Crippen LogP contribution in [0.1, 0.15) is 47.6 Å². The first kappa shape index (κ1) is 23.7. The quantitative estimate of drug-likeness (QED) is 0.209. The van der Waals surface area contributed by atoms with E-state index in [9.17, 15) is 4.79 Å². The summed E-state index contributed by atoms with van der Waals surface area (Å²) in [4.78, 5) is 12.3. The Morgan fingerprint density at radius 3 is 2.80 bits per heavy atom. The normalized spacial score (nSPS) is 20.6. The molecule has 0 bridgehead atoms. The molecule has 6 heteroatoms. The van der Waals surface area contributed by atoms with E-state index in [-0.39, 0.29) is 5.91 Å². The van der Waals surface area contributed by atoms with Crippen molar-refractivity contribution < 1.29 is 4.79 Å². The maximum absolute atomic E-state index is 12.3. The molecule has 0 fully saturated rings. The van der Waals surface area contributed by atoms with E-state index in [1.807, 2.05) is 31.2 Å². The maximum Gasteiger partial charge on any atom is 0.250 e. The number of carbonyl (C=O) groups excluding carboxylic acids is 1. The summed E-state index contributed by atoms with van der Waals surface area (Å²) in [7, 11) is 0. The number of anilines is 1. The van der Waals surface area contributed by atoms with E-state index in [4.69, 9.17) is 11.6 Å². The van der Waals surface area contributed by atoms with Crippen molar-refractivity contribution in [2.24, 2.45) is 11.0 Å². The summed E-state index contributed by atoms with van der Waals surface area (Å²) >= 11 is 7.57. The molecule has 2 aliphatic rings. The minimum Gasteiger partial charge on any atom is -0.378 e. The average molecular weight is 502 g/mol. The number of allylic oxidation sites excluding steroid dienone is 2. The predicted molar refractivity (Wildman–Crippen MR) is 147 cm³/mol. The summed E-state index contributed by atoms with van der Waals surface area (Å²) in [5.41, 5.74) is 9.42. The van der Waals surface area contributed by atoms with Crippen LogP contribution in [0.5, 0.6) is 0 Å². The Morgan fingerprint density at radius 2 is 1.97 bits per heavy atom. The van der Waals surface area contributed by atoms with E-state index >= 15 is 0 Å². The van der Waals surface area contributed by atoms with E-state index < -0.39 is 0 Å². The molecule has 5 rings (SSSR count). The van der Waals surface area contributed by atoms with Crippen molar-refractivity contribution in [1.29, 1.82) is 0 Å². The summed E-state index contributed by atoms with van der Waals surface area (Å²) in [5.74, 6) is 1.83. The van der Waals surface area contributed by atoms with Gasteiger partial charge < -0.3 is 5.32 Å². The molecule has 1 aliphatic heterocycles. The largest absolute Gasteiger partial charge is 0.378 e. The number of rotatable bonds is 7. The summed E-state index contributed by atoms with van der Waals surface area (Å²) in [6.45, 7) is 1.94. The number of halogens is 1. The van der Waals surface area contributed by atoms with Gasteiger partial charge in [0.1, 0.15) is 0 Å². The average Bonchev–Trinajstić information content (AvgIpc) is 3.37. The van der Waals surface area contributed by atoms with E-state index in [2.05, 4.69) is 76.5 Å². The molecule has 35 heavy (non-hydrogen) atoms. The van der Waals surface area contributed by atoms with Crippen LogP contribution in [-0.4, -0.2) is 17.4 Å². The SMILES string of the molecule is C/C(=N/NC(=O)CSCc1cccc(Cl)c1)c1ccc2c(c1)[C@@H]1C=CC[C@@H]1[C@H](c1ccccc1)N2. The topological polar surface area (TPSA) is 53.5 Å². The van der Waals surface area contributed by atoms with Crippen LogP contribution in [0.25, 0.3) is 0 Å². The van der Waals surface area contributed by atoms with Gasteiger partial charge in [-0.05, 0) is 65.8 Å². The highest BCUT2D eigenvalue weighted by molar-refractivity contribution is 7.99. The minimum atomic E-state index is -0.111. The Bertz CT molecular complexity index is 1270. The highest BCUT2D eigenvalue weighted by Crippen LogP contribution is 2.49. The molecule has 1 aliphatic carbocycles. The standard InChI is InChI=1S/C29H28ClN3OS/c1-19(32-33-28(34)18-35-17-20-7-5-10-23(30)15-20)22-13-14-27-26(16-22)24-11-6-12-25(24)29(31-27)21-8-3-2-4-9-21/h2-11,13-16,24-25,29,31H,12,17-18H2,1H3,(H,33,34)/b32-19-/t24-,25+,29+/m1/s1. The Labute approximate surface area is 215 Å².